The molecular formula is C21H20N4O4. The summed E-state index contributed by atoms with van der Waals surface area (Å²) in [6.07, 6.45) is 0. The van der Waals surface area contributed by atoms with E-state index in [1.807, 2.05) is 18.2 Å². The fraction of sp³-hybridized carbons (Fsp3) is 0.190. The van der Waals surface area contributed by atoms with Crippen LogP contribution in [0.5, 0.6) is 17.2 Å². The molecular weight excluding hydrogens is 372 g/mol. The minimum atomic E-state index is -0.328. The average Bonchev–Trinajstić information content (AvgIpc) is 2.74. The number of carbonyl (C=O) groups excluding carboxylic acids is 1. The lowest BCUT2D eigenvalue weighted by molar-refractivity contribution is 0.102. The number of nitrogens with zero attached hydrogens (tertiary/aromatic N) is 2. The van der Waals surface area contributed by atoms with Crippen LogP contribution in [0.15, 0.2) is 48.5 Å². The molecule has 0 aliphatic carbocycles. The zero-order valence-electron chi connectivity index (χ0n) is 16.1. The fourth-order valence-corrected chi connectivity index (χ4v) is 2.89. The first-order valence-electron chi connectivity index (χ1n) is 9.08. The van der Waals surface area contributed by atoms with Crippen LogP contribution in [0.3, 0.4) is 0 Å². The Morgan fingerprint density at radius 1 is 0.966 bits per heavy atom. The topological polar surface area (TPSA) is 94.6 Å². The summed E-state index contributed by atoms with van der Waals surface area (Å²) >= 11 is 0. The molecule has 1 amide bonds. The summed E-state index contributed by atoms with van der Waals surface area (Å²) in [4.78, 5) is 21.2. The maximum atomic E-state index is 12.6. The van der Waals surface area contributed by atoms with Crippen molar-refractivity contribution < 1.29 is 19.0 Å². The average molecular weight is 392 g/mol. The third-order valence-electron chi connectivity index (χ3n) is 4.23. The van der Waals surface area contributed by atoms with Gasteiger partial charge in [0.15, 0.2) is 11.5 Å². The highest BCUT2D eigenvalue weighted by atomic mass is 16.6. The van der Waals surface area contributed by atoms with E-state index in [2.05, 4.69) is 20.6 Å². The van der Waals surface area contributed by atoms with Crippen LogP contribution in [0.4, 0.5) is 17.2 Å². The van der Waals surface area contributed by atoms with Crippen LogP contribution in [0.25, 0.3) is 0 Å². The number of anilines is 3. The monoisotopic (exact) mass is 392 g/mol. The van der Waals surface area contributed by atoms with Gasteiger partial charge in [-0.3, -0.25) is 4.79 Å². The van der Waals surface area contributed by atoms with E-state index in [0.717, 1.165) is 5.69 Å². The van der Waals surface area contributed by atoms with E-state index >= 15 is 0 Å². The van der Waals surface area contributed by atoms with E-state index in [1.54, 1.807) is 44.4 Å². The molecule has 0 bridgehead atoms. The molecule has 2 N–H and O–H groups in total. The molecule has 0 fully saturated rings. The summed E-state index contributed by atoms with van der Waals surface area (Å²) in [6, 6.07) is 14.2. The predicted molar refractivity (Wildman–Crippen MR) is 108 cm³/mol. The number of methoxy groups -OCH3 is 1. The number of carbonyl (C=O) groups is 1. The third kappa shape index (κ3) is 4.37. The zero-order valence-corrected chi connectivity index (χ0v) is 16.1. The quantitative estimate of drug-likeness (QED) is 0.685. The van der Waals surface area contributed by atoms with E-state index in [1.165, 1.54) is 0 Å². The standard InChI is InChI=1S/C21H20N4O4/c1-13-22-17(21(26)25-14-3-6-16(27-2)7-4-14)12-20(23-13)24-15-5-8-18-19(11-15)29-10-9-28-18/h3-8,11-12H,9-10H2,1-2H3,(H,25,26)(H,22,23,24). The van der Waals surface area contributed by atoms with Crippen molar-refractivity contribution in [1.29, 1.82) is 0 Å². The Balaban J connectivity index is 1.51. The lowest BCUT2D eigenvalue weighted by atomic mass is 10.2. The summed E-state index contributed by atoms with van der Waals surface area (Å²) in [5.41, 5.74) is 1.68. The molecule has 0 saturated carbocycles. The second-order valence-corrected chi connectivity index (χ2v) is 6.35. The van der Waals surface area contributed by atoms with E-state index in [4.69, 9.17) is 14.2 Å². The van der Waals surface area contributed by atoms with Gasteiger partial charge < -0.3 is 24.8 Å². The van der Waals surface area contributed by atoms with Gasteiger partial charge in [-0.2, -0.15) is 0 Å². The molecule has 1 aliphatic rings. The van der Waals surface area contributed by atoms with Crippen molar-refractivity contribution in [3.8, 4) is 17.2 Å². The Morgan fingerprint density at radius 2 is 1.69 bits per heavy atom. The van der Waals surface area contributed by atoms with Crippen LogP contribution in [0.1, 0.15) is 16.3 Å². The summed E-state index contributed by atoms with van der Waals surface area (Å²) in [5, 5.41) is 6.01. The number of hydrogen-bond donors (Lipinski definition) is 2. The summed E-state index contributed by atoms with van der Waals surface area (Å²) in [7, 11) is 1.59. The molecule has 0 unspecified atom stereocenters. The lowest BCUT2D eigenvalue weighted by Gasteiger charge is -2.19. The number of hydrogen-bond acceptors (Lipinski definition) is 7. The maximum Gasteiger partial charge on any atom is 0.274 e. The van der Waals surface area contributed by atoms with Crippen molar-refractivity contribution in [2.45, 2.75) is 6.92 Å². The molecule has 0 radical (unpaired) electrons. The van der Waals surface area contributed by atoms with Crippen molar-refractivity contribution >= 4 is 23.1 Å². The Kier molecular flexibility index (Phi) is 5.15. The van der Waals surface area contributed by atoms with Crippen LogP contribution in [-0.4, -0.2) is 36.2 Å². The molecule has 29 heavy (non-hydrogen) atoms. The number of aryl methyl sites for hydroxylation is 1. The molecule has 2 heterocycles. The number of aromatic nitrogens is 2. The van der Waals surface area contributed by atoms with Gasteiger partial charge in [0.2, 0.25) is 0 Å². The second kappa shape index (κ2) is 8.05. The van der Waals surface area contributed by atoms with Crippen LogP contribution >= 0.6 is 0 Å². The molecule has 0 spiro atoms. The summed E-state index contributed by atoms with van der Waals surface area (Å²) in [6.45, 7) is 2.79. The number of amides is 1. The molecule has 0 saturated heterocycles. The zero-order chi connectivity index (χ0) is 20.2. The van der Waals surface area contributed by atoms with Crippen molar-refractivity contribution in [3.05, 3.63) is 60.0 Å². The van der Waals surface area contributed by atoms with Crippen molar-refractivity contribution in [2.75, 3.05) is 31.0 Å². The van der Waals surface area contributed by atoms with E-state index in [9.17, 15) is 4.79 Å². The number of nitrogens with one attached hydrogen (secondary N) is 2. The van der Waals surface area contributed by atoms with Gasteiger partial charge in [0, 0.05) is 23.5 Å². The van der Waals surface area contributed by atoms with Crippen molar-refractivity contribution in [1.82, 2.24) is 9.97 Å². The molecule has 1 aliphatic heterocycles. The predicted octanol–water partition coefficient (Wildman–Crippen LogP) is 3.56. The van der Waals surface area contributed by atoms with Gasteiger partial charge in [-0.1, -0.05) is 0 Å². The number of ether oxygens (including phenoxy) is 3. The molecule has 1 aromatic heterocycles. The Labute approximate surface area is 167 Å². The molecule has 0 atom stereocenters. The van der Waals surface area contributed by atoms with Gasteiger partial charge in [-0.05, 0) is 43.3 Å². The highest BCUT2D eigenvalue weighted by Crippen LogP contribution is 2.33. The molecule has 148 valence electrons. The molecule has 4 rings (SSSR count). The van der Waals surface area contributed by atoms with Crippen LogP contribution < -0.4 is 24.8 Å². The molecule has 8 heteroatoms. The SMILES string of the molecule is COc1ccc(NC(=O)c2cc(Nc3ccc4c(c3)OCCO4)nc(C)n2)cc1. The molecule has 2 aromatic carbocycles. The van der Waals surface area contributed by atoms with Crippen molar-refractivity contribution in [3.63, 3.8) is 0 Å². The van der Waals surface area contributed by atoms with Crippen LogP contribution in [0, 0.1) is 6.92 Å². The lowest BCUT2D eigenvalue weighted by Crippen LogP contribution is -2.16. The Bertz CT molecular complexity index is 1040. The number of benzene rings is 2. The normalized spacial score (nSPS) is 12.2. The van der Waals surface area contributed by atoms with Crippen molar-refractivity contribution in [2.24, 2.45) is 0 Å². The smallest absolute Gasteiger partial charge is 0.274 e. The van der Waals surface area contributed by atoms with Gasteiger partial charge in [0.25, 0.3) is 5.91 Å². The highest BCUT2D eigenvalue weighted by molar-refractivity contribution is 6.03. The van der Waals surface area contributed by atoms with Gasteiger partial charge in [0.1, 0.15) is 36.3 Å². The van der Waals surface area contributed by atoms with E-state index in [-0.39, 0.29) is 11.6 Å². The van der Waals surface area contributed by atoms with Crippen LogP contribution in [-0.2, 0) is 0 Å². The highest BCUT2D eigenvalue weighted by Gasteiger charge is 2.14. The first kappa shape index (κ1) is 18.5. The van der Waals surface area contributed by atoms with Gasteiger partial charge in [-0.25, -0.2) is 9.97 Å². The number of rotatable bonds is 5. The van der Waals surface area contributed by atoms with Crippen LogP contribution in [0.2, 0.25) is 0 Å². The Hall–Kier alpha value is -3.81. The van der Waals surface area contributed by atoms with Gasteiger partial charge in [0.05, 0.1) is 7.11 Å². The first-order chi connectivity index (χ1) is 14.1. The summed E-state index contributed by atoms with van der Waals surface area (Å²) in [5.74, 6) is 2.75. The summed E-state index contributed by atoms with van der Waals surface area (Å²) < 4.78 is 16.3. The minimum Gasteiger partial charge on any atom is -0.497 e. The van der Waals surface area contributed by atoms with E-state index in [0.29, 0.717) is 47.8 Å². The first-order valence-corrected chi connectivity index (χ1v) is 9.08. The molecule has 3 aromatic rings. The Morgan fingerprint density at radius 3 is 2.45 bits per heavy atom. The second-order valence-electron chi connectivity index (χ2n) is 6.35. The molecule has 8 nitrogen and oxygen atoms in total. The number of fused-ring (bicyclic) bond motifs is 1. The van der Waals surface area contributed by atoms with E-state index < -0.39 is 0 Å². The van der Waals surface area contributed by atoms with Gasteiger partial charge in [-0.15, -0.1) is 0 Å². The third-order valence-corrected chi connectivity index (χ3v) is 4.23. The minimum absolute atomic E-state index is 0.258. The van der Waals surface area contributed by atoms with Gasteiger partial charge >= 0.3 is 0 Å². The maximum absolute atomic E-state index is 12.6. The largest absolute Gasteiger partial charge is 0.497 e. The fourth-order valence-electron chi connectivity index (χ4n) is 2.89.